The van der Waals surface area contributed by atoms with Gasteiger partial charge in [-0.25, -0.2) is 0 Å². The van der Waals surface area contributed by atoms with Crippen LogP contribution in [0.25, 0.3) is 11.4 Å². The molecular formula is C37H50N8O7. The molecular weight excluding hydrogens is 668 g/mol. The summed E-state index contributed by atoms with van der Waals surface area (Å²) in [5, 5.41) is 15.3. The topological polar surface area (TPSA) is 198 Å². The van der Waals surface area contributed by atoms with E-state index < -0.39 is 47.8 Å². The van der Waals surface area contributed by atoms with Crippen LogP contribution in [0.4, 0.5) is 0 Å². The Hall–Kier alpha value is -5.34. The van der Waals surface area contributed by atoms with Crippen molar-refractivity contribution >= 4 is 29.5 Å². The lowest BCUT2D eigenvalue weighted by Crippen LogP contribution is -2.57. The van der Waals surface area contributed by atoms with Crippen molar-refractivity contribution in [1.29, 1.82) is 0 Å². The minimum absolute atomic E-state index is 0.0141. The van der Waals surface area contributed by atoms with Crippen molar-refractivity contribution in [3.8, 4) is 17.1 Å². The predicted octanol–water partition coefficient (Wildman–Crippen LogP) is 2.21. The van der Waals surface area contributed by atoms with E-state index in [4.69, 9.17) is 9.26 Å². The van der Waals surface area contributed by atoms with E-state index in [1.54, 1.807) is 56.8 Å². The van der Waals surface area contributed by atoms with Gasteiger partial charge in [-0.1, -0.05) is 45.0 Å². The van der Waals surface area contributed by atoms with Crippen LogP contribution in [-0.2, 0) is 36.8 Å². The van der Waals surface area contributed by atoms with E-state index in [1.165, 1.54) is 4.90 Å². The van der Waals surface area contributed by atoms with Crippen molar-refractivity contribution in [2.45, 2.75) is 90.9 Å². The minimum Gasteiger partial charge on any atom is -0.497 e. The summed E-state index contributed by atoms with van der Waals surface area (Å²) in [6, 6.07) is 7.12. The molecule has 15 nitrogen and oxygen atoms in total. The number of nitrogens with one attached hydrogen (secondary N) is 4. The van der Waals surface area contributed by atoms with Gasteiger partial charge in [0.1, 0.15) is 23.9 Å². The monoisotopic (exact) mass is 718 g/mol. The fourth-order valence-electron chi connectivity index (χ4n) is 5.72. The molecule has 1 aromatic carbocycles. The first-order chi connectivity index (χ1) is 24.8. The molecule has 0 bridgehead atoms. The molecule has 4 atom stereocenters. The Bertz CT molecular complexity index is 1660. The number of methoxy groups -OCH3 is 1. The van der Waals surface area contributed by atoms with Crippen molar-refractivity contribution < 1.29 is 33.2 Å². The zero-order valence-electron chi connectivity index (χ0n) is 30.7. The average Bonchev–Trinajstić information content (AvgIpc) is 3.59. The van der Waals surface area contributed by atoms with Crippen LogP contribution in [0.15, 0.2) is 53.3 Å². The fraction of sp³-hybridized carbons (Fsp3) is 0.514. The molecule has 4 rings (SSSR count). The molecule has 2 aromatic heterocycles. The molecule has 15 heteroatoms. The third-order valence-corrected chi connectivity index (χ3v) is 8.75. The van der Waals surface area contributed by atoms with E-state index >= 15 is 0 Å². The van der Waals surface area contributed by atoms with E-state index in [9.17, 15) is 24.0 Å². The number of benzene rings is 1. The van der Waals surface area contributed by atoms with Gasteiger partial charge >= 0.3 is 0 Å². The molecule has 0 unspecified atom stereocenters. The maximum absolute atomic E-state index is 13.7. The maximum atomic E-state index is 13.7. The predicted molar refractivity (Wildman–Crippen MR) is 191 cm³/mol. The van der Waals surface area contributed by atoms with Gasteiger partial charge in [0.2, 0.25) is 41.3 Å². The van der Waals surface area contributed by atoms with Crippen LogP contribution >= 0.6 is 0 Å². The van der Waals surface area contributed by atoms with Gasteiger partial charge in [0, 0.05) is 49.8 Å². The average molecular weight is 719 g/mol. The van der Waals surface area contributed by atoms with E-state index in [2.05, 4.69) is 36.4 Å². The number of amides is 5. The van der Waals surface area contributed by atoms with Gasteiger partial charge in [-0.2, -0.15) is 4.98 Å². The number of aryl methyl sites for hydroxylation is 1. The van der Waals surface area contributed by atoms with Crippen molar-refractivity contribution in [3.05, 3.63) is 60.2 Å². The Labute approximate surface area is 304 Å². The minimum atomic E-state index is -1.05. The molecule has 3 aromatic rings. The number of aromatic nitrogens is 3. The van der Waals surface area contributed by atoms with Gasteiger partial charge in [0.15, 0.2) is 0 Å². The highest BCUT2D eigenvalue weighted by Gasteiger charge is 2.32. The van der Waals surface area contributed by atoms with Crippen LogP contribution in [0.1, 0.15) is 65.3 Å². The molecule has 5 amide bonds. The van der Waals surface area contributed by atoms with Crippen LogP contribution in [0, 0.1) is 11.8 Å². The summed E-state index contributed by atoms with van der Waals surface area (Å²) in [5.74, 6) is -1.16. The van der Waals surface area contributed by atoms with E-state index in [-0.39, 0.29) is 43.7 Å². The highest BCUT2D eigenvalue weighted by Crippen LogP contribution is 2.17. The number of hydrogen-bond donors (Lipinski definition) is 4. The molecule has 1 fully saturated rings. The molecule has 280 valence electrons. The van der Waals surface area contributed by atoms with Gasteiger partial charge in [-0.05, 0) is 61.4 Å². The molecule has 0 radical (unpaired) electrons. The van der Waals surface area contributed by atoms with Gasteiger partial charge in [-0.15, -0.1) is 0 Å². The summed E-state index contributed by atoms with van der Waals surface area (Å²) in [4.78, 5) is 77.9. The SMILES string of the molecule is COc1ccc(C[C@@H]2NC(=O)[C@H](CC(C)C)NC(=O)CN(C(=O)CCCc3nc(-c4cccnc4)no3)C[C@H](C(C)C)NC(=O)[C@@H](C)NC2=O)cc1. The van der Waals surface area contributed by atoms with Gasteiger partial charge < -0.3 is 35.4 Å². The second-order valence-electron chi connectivity index (χ2n) is 13.8. The molecule has 1 aliphatic heterocycles. The van der Waals surface area contributed by atoms with Crippen LogP contribution in [0.3, 0.4) is 0 Å². The Kier molecular flexibility index (Phi) is 14.2. The maximum Gasteiger partial charge on any atom is 0.243 e. The quantitative estimate of drug-likeness (QED) is 0.228. The van der Waals surface area contributed by atoms with Gasteiger partial charge in [-0.3, -0.25) is 29.0 Å². The lowest BCUT2D eigenvalue weighted by molar-refractivity contribution is -0.138. The number of carbonyl (C=O) groups is 5. The third-order valence-electron chi connectivity index (χ3n) is 8.75. The molecule has 0 saturated carbocycles. The number of rotatable bonds is 11. The molecule has 0 aliphatic carbocycles. The third kappa shape index (κ3) is 11.6. The second kappa shape index (κ2) is 18.8. The van der Waals surface area contributed by atoms with Crippen LogP contribution in [-0.4, -0.2) is 93.9 Å². The summed E-state index contributed by atoms with van der Waals surface area (Å²) in [6.45, 7) is 8.88. The molecule has 1 saturated heterocycles. The molecule has 3 heterocycles. The molecule has 0 spiro atoms. The number of ether oxygens (including phenoxy) is 1. The smallest absolute Gasteiger partial charge is 0.243 e. The molecule has 4 N–H and O–H groups in total. The standard InChI is InChI=1S/C37H50N8O7/c1-22(2)17-28-37(50)41-29(18-25-12-14-27(51-6)15-13-25)36(49)39-24(5)35(48)42-30(23(3)4)20-45(21-31(46)40-28)33(47)11-7-10-32-43-34(44-52-32)26-9-8-16-38-19-26/h8-9,12-16,19,22-24,28-30H,7,10-11,17-18,20-21H2,1-6H3,(H,39,49)(H,40,46)(H,41,50)(H,42,48)/t24-,28+,29+,30-/m1/s1. The largest absolute Gasteiger partial charge is 0.497 e. The van der Waals surface area contributed by atoms with Crippen molar-refractivity contribution in [2.75, 3.05) is 20.2 Å². The lowest BCUT2D eigenvalue weighted by atomic mass is 10.0. The first kappa shape index (κ1) is 39.4. The van der Waals surface area contributed by atoms with E-state index in [0.717, 1.165) is 5.56 Å². The van der Waals surface area contributed by atoms with Gasteiger partial charge in [0.05, 0.1) is 13.7 Å². The second-order valence-corrected chi connectivity index (χ2v) is 13.8. The molecule has 1 aliphatic rings. The van der Waals surface area contributed by atoms with E-state index in [0.29, 0.717) is 42.3 Å². The summed E-state index contributed by atoms with van der Waals surface area (Å²) < 4.78 is 10.6. The molecule has 52 heavy (non-hydrogen) atoms. The highest BCUT2D eigenvalue weighted by atomic mass is 16.5. The first-order valence-electron chi connectivity index (χ1n) is 17.7. The van der Waals surface area contributed by atoms with Crippen molar-refractivity contribution in [2.24, 2.45) is 11.8 Å². The van der Waals surface area contributed by atoms with Crippen molar-refractivity contribution in [1.82, 2.24) is 41.3 Å². The Morgan fingerprint density at radius 3 is 2.35 bits per heavy atom. The Morgan fingerprint density at radius 2 is 1.69 bits per heavy atom. The Balaban J connectivity index is 1.54. The zero-order chi connectivity index (χ0) is 37.8. The van der Waals surface area contributed by atoms with Crippen molar-refractivity contribution in [3.63, 3.8) is 0 Å². The van der Waals surface area contributed by atoms with E-state index in [1.807, 2.05) is 33.8 Å². The highest BCUT2D eigenvalue weighted by molar-refractivity contribution is 5.95. The zero-order valence-corrected chi connectivity index (χ0v) is 30.7. The normalized spacial score (nSPS) is 20.7. The fourth-order valence-corrected chi connectivity index (χ4v) is 5.72. The summed E-state index contributed by atoms with van der Waals surface area (Å²) in [7, 11) is 1.55. The van der Waals surface area contributed by atoms with Gasteiger partial charge in [0.25, 0.3) is 0 Å². The lowest BCUT2D eigenvalue weighted by Gasteiger charge is -2.31. The van der Waals surface area contributed by atoms with Crippen LogP contribution in [0.2, 0.25) is 0 Å². The summed E-state index contributed by atoms with van der Waals surface area (Å²) >= 11 is 0. The van der Waals surface area contributed by atoms with Crippen LogP contribution in [0.5, 0.6) is 5.75 Å². The Morgan fingerprint density at radius 1 is 0.962 bits per heavy atom. The number of hydrogen-bond acceptors (Lipinski definition) is 10. The summed E-state index contributed by atoms with van der Waals surface area (Å²) in [5.41, 5.74) is 1.46. The van der Waals surface area contributed by atoms with Crippen LogP contribution < -0.4 is 26.0 Å². The number of carbonyl (C=O) groups excluding carboxylic acids is 5. The number of nitrogens with zero attached hydrogens (tertiary/aromatic N) is 4. The summed E-state index contributed by atoms with van der Waals surface area (Å²) in [6.07, 6.45) is 4.44. The first-order valence-corrected chi connectivity index (χ1v) is 17.7. The number of pyridine rings is 1.